The van der Waals surface area contributed by atoms with Crippen molar-refractivity contribution in [2.24, 2.45) is 5.92 Å². The molecular weight excluding hydrogens is 186 g/mol. The summed E-state index contributed by atoms with van der Waals surface area (Å²) in [5.41, 5.74) is 0. The zero-order valence-corrected chi connectivity index (χ0v) is 10.4. The SMILES string of the molecule is CCC(CC)CNCCC1CCCCO1. The molecule has 1 aliphatic heterocycles. The summed E-state index contributed by atoms with van der Waals surface area (Å²) in [6, 6.07) is 0. The Kier molecular flexibility index (Phi) is 7.03. The fraction of sp³-hybridized carbons (Fsp3) is 1.00. The van der Waals surface area contributed by atoms with Gasteiger partial charge in [-0.3, -0.25) is 0 Å². The Morgan fingerprint density at radius 2 is 2.07 bits per heavy atom. The highest BCUT2D eigenvalue weighted by Gasteiger charge is 2.13. The van der Waals surface area contributed by atoms with Gasteiger partial charge in [-0.2, -0.15) is 0 Å². The molecule has 1 heterocycles. The van der Waals surface area contributed by atoms with Crippen LogP contribution in [0.2, 0.25) is 0 Å². The summed E-state index contributed by atoms with van der Waals surface area (Å²) in [7, 11) is 0. The van der Waals surface area contributed by atoms with Crippen LogP contribution < -0.4 is 5.32 Å². The van der Waals surface area contributed by atoms with Crippen molar-refractivity contribution >= 4 is 0 Å². The zero-order chi connectivity index (χ0) is 10.9. The highest BCUT2D eigenvalue weighted by atomic mass is 16.5. The Morgan fingerprint density at radius 1 is 1.27 bits per heavy atom. The first-order valence-corrected chi connectivity index (χ1v) is 6.69. The molecule has 1 N–H and O–H groups in total. The van der Waals surface area contributed by atoms with E-state index < -0.39 is 0 Å². The summed E-state index contributed by atoms with van der Waals surface area (Å²) in [4.78, 5) is 0. The van der Waals surface area contributed by atoms with E-state index in [1.807, 2.05) is 0 Å². The predicted molar refractivity (Wildman–Crippen MR) is 65.1 cm³/mol. The van der Waals surface area contributed by atoms with Gasteiger partial charge < -0.3 is 10.1 Å². The normalized spacial score (nSPS) is 22.2. The van der Waals surface area contributed by atoms with Crippen molar-refractivity contribution in [3.63, 3.8) is 0 Å². The van der Waals surface area contributed by atoms with Gasteiger partial charge in [-0.05, 0) is 44.7 Å². The topological polar surface area (TPSA) is 21.3 Å². The van der Waals surface area contributed by atoms with E-state index in [9.17, 15) is 0 Å². The van der Waals surface area contributed by atoms with Crippen molar-refractivity contribution in [1.29, 1.82) is 0 Å². The maximum absolute atomic E-state index is 5.70. The minimum atomic E-state index is 0.535. The summed E-state index contributed by atoms with van der Waals surface area (Å²) in [5.74, 6) is 0.859. The van der Waals surface area contributed by atoms with E-state index in [1.54, 1.807) is 0 Å². The molecule has 1 saturated heterocycles. The number of hydrogen-bond acceptors (Lipinski definition) is 2. The lowest BCUT2D eigenvalue weighted by atomic mass is 10.0. The summed E-state index contributed by atoms with van der Waals surface area (Å²) in [6.07, 6.45) is 8.21. The molecule has 2 heteroatoms. The van der Waals surface area contributed by atoms with Crippen LogP contribution >= 0.6 is 0 Å². The van der Waals surface area contributed by atoms with Gasteiger partial charge in [0.1, 0.15) is 0 Å². The van der Waals surface area contributed by atoms with Crippen LogP contribution in [0.15, 0.2) is 0 Å². The molecule has 2 nitrogen and oxygen atoms in total. The zero-order valence-electron chi connectivity index (χ0n) is 10.4. The van der Waals surface area contributed by atoms with Gasteiger partial charge >= 0.3 is 0 Å². The molecule has 0 aromatic heterocycles. The molecule has 0 spiro atoms. The van der Waals surface area contributed by atoms with Gasteiger partial charge in [-0.25, -0.2) is 0 Å². The number of rotatable bonds is 7. The monoisotopic (exact) mass is 213 g/mol. The van der Waals surface area contributed by atoms with E-state index in [0.29, 0.717) is 6.10 Å². The Balaban J connectivity index is 1.95. The maximum Gasteiger partial charge on any atom is 0.0587 e. The first kappa shape index (κ1) is 13.0. The average Bonchev–Trinajstić information content (AvgIpc) is 2.31. The molecule has 0 bridgehead atoms. The third-order valence-corrected chi connectivity index (χ3v) is 3.50. The van der Waals surface area contributed by atoms with Crippen LogP contribution in [0.25, 0.3) is 0 Å². The number of ether oxygens (including phenoxy) is 1. The van der Waals surface area contributed by atoms with Crippen LogP contribution in [0.1, 0.15) is 52.4 Å². The van der Waals surface area contributed by atoms with E-state index in [1.165, 1.54) is 45.1 Å². The standard InChI is InChI=1S/C13H27NO/c1-3-12(4-2)11-14-9-8-13-7-5-6-10-15-13/h12-14H,3-11H2,1-2H3. The molecule has 1 atom stereocenters. The summed E-state index contributed by atoms with van der Waals surface area (Å²) < 4.78 is 5.70. The molecule has 0 aliphatic carbocycles. The second-order valence-corrected chi connectivity index (χ2v) is 4.66. The second kappa shape index (κ2) is 8.12. The Bertz CT molecular complexity index is 139. The highest BCUT2D eigenvalue weighted by molar-refractivity contribution is 4.66. The predicted octanol–water partition coefficient (Wildman–Crippen LogP) is 2.97. The van der Waals surface area contributed by atoms with Gasteiger partial charge in [0, 0.05) is 6.61 Å². The van der Waals surface area contributed by atoms with E-state index in [-0.39, 0.29) is 0 Å². The Morgan fingerprint density at radius 3 is 2.67 bits per heavy atom. The lowest BCUT2D eigenvalue weighted by Crippen LogP contribution is -2.28. The van der Waals surface area contributed by atoms with Gasteiger partial charge in [-0.1, -0.05) is 26.7 Å². The van der Waals surface area contributed by atoms with Gasteiger partial charge in [0.05, 0.1) is 6.10 Å². The lowest BCUT2D eigenvalue weighted by Gasteiger charge is -2.23. The minimum Gasteiger partial charge on any atom is -0.378 e. The van der Waals surface area contributed by atoms with Crippen molar-refractivity contribution in [3.05, 3.63) is 0 Å². The van der Waals surface area contributed by atoms with Crippen molar-refractivity contribution < 1.29 is 4.74 Å². The van der Waals surface area contributed by atoms with Gasteiger partial charge in [0.15, 0.2) is 0 Å². The fourth-order valence-electron chi connectivity index (χ4n) is 2.18. The van der Waals surface area contributed by atoms with E-state index in [0.717, 1.165) is 19.1 Å². The molecule has 1 aliphatic rings. The highest BCUT2D eigenvalue weighted by Crippen LogP contribution is 2.15. The third kappa shape index (κ3) is 5.53. The number of nitrogens with one attached hydrogen (secondary N) is 1. The molecule has 0 amide bonds. The average molecular weight is 213 g/mol. The Labute approximate surface area is 94.8 Å². The third-order valence-electron chi connectivity index (χ3n) is 3.50. The summed E-state index contributed by atoms with van der Waals surface area (Å²) in [5, 5.41) is 3.55. The van der Waals surface area contributed by atoms with Crippen LogP contribution in [0.5, 0.6) is 0 Å². The molecule has 1 rings (SSSR count). The van der Waals surface area contributed by atoms with Crippen molar-refractivity contribution in [2.75, 3.05) is 19.7 Å². The van der Waals surface area contributed by atoms with Crippen LogP contribution in [0.3, 0.4) is 0 Å². The van der Waals surface area contributed by atoms with Crippen LogP contribution in [0, 0.1) is 5.92 Å². The maximum atomic E-state index is 5.70. The summed E-state index contributed by atoms with van der Waals surface area (Å²) >= 11 is 0. The van der Waals surface area contributed by atoms with E-state index >= 15 is 0 Å². The van der Waals surface area contributed by atoms with Gasteiger partial charge in [0.2, 0.25) is 0 Å². The van der Waals surface area contributed by atoms with Crippen molar-refractivity contribution in [3.8, 4) is 0 Å². The molecule has 0 aromatic carbocycles. The van der Waals surface area contributed by atoms with Crippen LogP contribution in [-0.4, -0.2) is 25.8 Å². The molecule has 1 fully saturated rings. The lowest BCUT2D eigenvalue weighted by molar-refractivity contribution is 0.0114. The first-order valence-electron chi connectivity index (χ1n) is 6.69. The number of hydrogen-bond donors (Lipinski definition) is 1. The molecule has 1 unspecified atom stereocenters. The van der Waals surface area contributed by atoms with Crippen LogP contribution in [0.4, 0.5) is 0 Å². The van der Waals surface area contributed by atoms with Crippen molar-refractivity contribution in [2.45, 2.75) is 58.5 Å². The van der Waals surface area contributed by atoms with E-state index in [4.69, 9.17) is 4.74 Å². The second-order valence-electron chi connectivity index (χ2n) is 4.66. The molecule has 0 saturated carbocycles. The molecule has 0 aromatic rings. The molecular formula is C13H27NO. The largest absolute Gasteiger partial charge is 0.378 e. The smallest absolute Gasteiger partial charge is 0.0587 e. The molecule has 0 radical (unpaired) electrons. The van der Waals surface area contributed by atoms with E-state index in [2.05, 4.69) is 19.2 Å². The molecule has 15 heavy (non-hydrogen) atoms. The van der Waals surface area contributed by atoms with Crippen molar-refractivity contribution in [1.82, 2.24) is 5.32 Å². The minimum absolute atomic E-state index is 0.535. The summed E-state index contributed by atoms with van der Waals surface area (Å²) in [6.45, 7) is 7.85. The quantitative estimate of drug-likeness (QED) is 0.656. The van der Waals surface area contributed by atoms with Gasteiger partial charge in [0.25, 0.3) is 0 Å². The molecule has 90 valence electrons. The first-order chi connectivity index (χ1) is 7.36. The Hall–Kier alpha value is -0.0800. The fourth-order valence-corrected chi connectivity index (χ4v) is 2.18. The van der Waals surface area contributed by atoms with Gasteiger partial charge in [-0.15, -0.1) is 0 Å². The van der Waals surface area contributed by atoms with Crippen LogP contribution in [-0.2, 0) is 4.74 Å².